The molecule has 1 amide bonds. The number of aryl methyl sites for hydroxylation is 1. The fourth-order valence-corrected chi connectivity index (χ4v) is 1.93. The van der Waals surface area contributed by atoms with Crippen molar-refractivity contribution in [2.45, 2.75) is 26.7 Å². The number of nitrogens with zero attached hydrogens (tertiary/aromatic N) is 1. The Morgan fingerprint density at radius 1 is 1.32 bits per heavy atom. The number of hydrogen-bond acceptors (Lipinski definition) is 3. The summed E-state index contributed by atoms with van der Waals surface area (Å²) in [4.78, 5) is 23.9. The number of Topliss-reactive ketones (excluding diaryl/α,β-unsaturated/α-hetero) is 1. The van der Waals surface area contributed by atoms with Crippen molar-refractivity contribution in [2.24, 2.45) is 0 Å². The number of carbonyl (C=O) groups is 2. The lowest BCUT2D eigenvalue weighted by molar-refractivity contribution is -0.142. The molecule has 0 spiro atoms. The molecule has 0 aliphatic heterocycles. The molecule has 0 saturated carbocycles. The maximum absolute atomic E-state index is 11.4. The van der Waals surface area contributed by atoms with E-state index in [4.69, 9.17) is 4.74 Å². The smallest absolute Gasteiger partial charge is 0.289 e. The van der Waals surface area contributed by atoms with Gasteiger partial charge in [0.15, 0.2) is 0 Å². The lowest BCUT2D eigenvalue weighted by Gasteiger charge is -2.16. The zero-order chi connectivity index (χ0) is 14.4. The highest BCUT2D eigenvalue weighted by molar-refractivity contribution is 6.34. The molecule has 0 aliphatic rings. The Morgan fingerprint density at radius 2 is 2.00 bits per heavy atom. The van der Waals surface area contributed by atoms with Crippen molar-refractivity contribution in [2.75, 3.05) is 20.7 Å². The Bertz CT molecular complexity index is 468. The molecule has 4 heteroatoms. The number of amides is 1. The van der Waals surface area contributed by atoms with Crippen LogP contribution in [0.1, 0.15) is 25.0 Å². The Hall–Kier alpha value is -1.84. The van der Waals surface area contributed by atoms with Gasteiger partial charge in [0.2, 0.25) is 5.78 Å². The normalized spacial score (nSPS) is 10.1. The maximum Gasteiger partial charge on any atom is 0.289 e. The first kappa shape index (κ1) is 15.2. The maximum atomic E-state index is 11.4. The van der Waals surface area contributed by atoms with Gasteiger partial charge in [0, 0.05) is 20.5 Å². The summed E-state index contributed by atoms with van der Waals surface area (Å²) >= 11 is 0. The number of ether oxygens (including phenoxy) is 1. The summed E-state index contributed by atoms with van der Waals surface area (Å²) in [5, 5.41) is 0. The van der Waals surface area contributed by atoms with Crippen molar-refractivity contribution in [1.29, 1.82) is 0 Å². The first-order valence-electron chi connectivity index (χ1n) is 6.41. The number of benzene rings is 1. The topological polar surface area (TPSA) is 46.6 Å². The molecule has 0 unspecified atom stereocenters. The van der Waals surface area contributed by atoms with Gasteiger partial charge in [-0.15, -0.1) is 0 Å². The minimum absolute atomic E-state index is 0.425. The second kappa shape index (κ2) is 6.92. The Balaban J connectivity index is 2.68. The molecule has 0 aromatic heterocycles. The van der Waals surface area contributed by atoms with Crippen LogP contribution < -0.4 is 4.74 Å². The van der Waals surface area contributed by atoms with Gasteiger partial charge in [0.25, 0.3) is 5.91 Å². The number of hydrogen-bond donors (Lipinski definition) is 0. The molecule has 0 N–H and O–H groups in total. The Kier molecular flexibility index (Phi) is 5.55. The number of likely N-dealkylation sites (N-methyl/N-ethyl adjacent to an activating group) is 1. The molecular weight excluding hydrogens is 242 g/mol. The van der Waals surface area contributed by atoms with Crippen LogP contribution >= 0.6 is 0 Å². The molecule has 0 saturated heterocycles. The predicted molar refractivity (Wildman–Crippen MR) is 74.4 cm³/mol. The predicted octanol–water partition coefficient (Wildman–Crippen LogP) is 1.85. The second-order valence-electron chi connectivity index (χ2n) is 4.53. The SMILES string of the molecule is CCc1cc(CCN(C)C(=O)C(C)=O)ccc1OC. The minimum Gasteiger partial charge on any atom is -0.496 e. The van der Waals surface area contributed by atoms with Crippen LogP contribution in [0.4, 0.5) is 0 Å². The average molecular weight is 263 g/mol. The van der Waals surface area contributed by atoms with Crippen molar-refractivity contribution >= 4 is 11.7 Å². The molecule has 1 rings (SSSR count). The summed E-state index contributed by atoms with van der Waals surface area (Å²) in [5.74, 6) is 0.0233. The van der Waals surface area contributed by atoms with Crippen LogP contribution in [0.25, 0.3) is 0 Å². The molecule has 1 aromatic carbocycles. The Morgan fingerprint density at radius 3 is 2.53 bits per heavy atom. The molecule has 1 aromatic rings. The zero-order valence-corrected chi connectivity index (χ0v) is 12.0. The molecule has 104 valence electrons. The Labute approximate surface area is 114 Å². The highest BCUT2D eigenvalue weighted by Crippen LogP contribution is 2.20. The zero-order valence-electron chi connectivity index (χ0n) is 12.0. The number of methoxy groups -OCH3 is 1. The molecular formula is C15H21NO3. The summed E-state index contributed by atoms with van der Waals surface area (Å²) in [5.41, 5.74) is 2.29. The van der Waals surface area contributed by atoms with Crippen LogP contribution in [0.3, 0.4) is 0 Å². The molecule has 0 bridgehead atoms. The van der Waals surface area contributed by atoms with Gasteiger partial charge in [-0.05, 0) is 30.0 Å². The number of rotatable bonds is 6. The first-order chi connectivity index (χ1) is 8.99. The monoisotopic (exact) mass is 263 g/mol. The molecule has 19 heavy (non-hydrogen) atoms. The number of ketones is 1. The summed E-state index contributed by atoms with van der Waals surface area (Å²) in [6, 6.07) is 6.02. The van der Waals surface area contributed by atoms with Crippen LogP contribution in [-0.2, 0) is 22.4 Å². The van der Waals surface area contributed by atoms with Gasteiger partial charge in [-0.1, -0.05) is 19.1 Å². The first-order valence-corrected chi connectivity index (χ1v) is 6.41. The van der Waals surface area contributed by atoms with Crippen molar-refractivity contribution in [3.63, 3.8) is 0 Å². The van der Waals surface area contributed by atoms with Gasteiger partial charge >= 0.3 is 0 Å². The van der Waals surface area contributed by atoms with E-state index in [1.807, 2.05) is 12.1 Å². The van der Waals surface area contributed by atoms with Gasteiger partial charge < -0.3 is 9.64 Å². The summed E-state index contributed by atoms with van der Waals surface area (Å²) in [7, 11) is 3.31. The van der Waals surface area contributed by atoms with Crippen molar-refractivity contribution in [3.05, 3.63) is 29.3 Å². The third-order valence-corrected chi connectivity index (χ3v) is 3.11. The van der Waals surface area contributed by atoms with E-state index < -0.39 is 11.7 Å². The fraction of sp³-hybridized carbons (Fsp3) is 0.467. The van der Waals surface area contributed by atoms with E-state index in [9.17, 15) is 9.59 Å². The van der Waals surface area contributed by atoms with Crippen molar-refractivity contribution in [1.82, 2.24) is 4.90 Å². The summed E-state index contributed by atoms with van der Waals surface area (Å²) in [6.45, 7) is 3.91. The summed E-state index contributed by atoms with van der Waals surface area (Å²) in [6.07, 6.45) is 1.63. The van der Waals surface area contributed by atoms with Crippen LogP contribution in [0.5, 0.6) is 5.75 Å². The molecule has 0 radical (unpaired) electrons. The third kappa shape index (κ3) is 4.09. The van der Waals surface area contributed by atoms with Crippen LogP contribution in [0, 0.1) is 0 Å². The molecule has 0 fully saturated rings. The number of carbonyl (C=O) groups excluding carboxylic acids is 2. The summed E-state index contributed by atoms with van der Waals surface area (Å²) < 4.78 is 5.28. The molecule has 0 aliphatic carbocycles. The van der Waals surface area contributed by atoms with Gasteiger partial charge in [0.1, 0.15) is 5.75 Å². The second-order valence-corrected chi connectivity index (χ2v) is 4.53. The average Bonchev–Trinajstić information content (AvgIpc) is 2.43. The highest BCUT2D eigenvalue weighted by Gasteiger charge is 2.13. The lowest BCUT2D eigenvalue weighted by Crippen LogP contribution is -2.33. The molecule has 0 heterocycles. The van der Waals surface area contributed by atoms with Crippen molar-refractivity contribution < 1.29 is 14.3 Å². The van der Waals surface area contributed by atoms with Gasteiger partial charge in [-0.3, -0.25) is 9.59 Å². The van der Waals surface area contributed by atoms with E-state index >= 15 is 0 Å². The van der Waals surface area contributed by atoms with Gasteiger partial charge in [0.05, 0.1) is 7.11 Å². The van der Waals surface area contributed by atoms with E-state index in [1.165, 1.54) is 11.8 Å². The van der Waals surface area contributed by atoms with Crippen LogP contribution in [0.2, 0.25) is 0 Å². The third-order valence-electron chi connectivity index (χ3n) is 3.11. The lowest BCUT2D eigenvalue weighted by atomic mass is 10.0. The van der Waals surface area contributed by atoms with Crippen LogP contribution in [0.15, 0.2) is 18.2 Å². The van der Waals surface area contributed by atoms with E-state index in [-0.39, 0.29) is 0 Å². The van der Waals surface area contributed by atoms with E-state index in [2.05, 4.69) is 13.0 Å². The molecule has 4 nitrogen and oxygen atoms in total. The van der Waals surface area contributed by atoms with Gasteiger partial charge in [-0.2, -0.15) is 0 Å². The van der Waals surface area contributed by atoms with Crippen molar-refractivity contribution in [3.8, 4) is 5.75 Å². The fourth-order valence-electron chi connectivity index (χ4n) is 1.93. The highest BCUT2D eigenvalue weighted by atomic mass is 16.5. The van der Waals surface area contributed by atoms with Gasteiger partial charge in [-0.25, -0.2) is 0 Å². The van der Waals surface area contributed by atoms with Crippen LogP contribution in [-0.4, -0.2) is 37.3 Å². The van der Waals surface area contributed by atoms with E-state index in [1.54, 1.807) is 14.2 Å². The molecule has 0 atom stereocenters. The standard InChI is InChI=1S/C15H21NO3/c1-5-13-10-12(6-7-14(13)19-4)8-9-16(3)15(18)11(2)17/h6-7,10H,5,8-9H2,1-4H3. The largest absolute Gasteiger partial charge is 0.496 e. The van der Waals surface area contributed by atoms with E-state index in [0.717, 1.165) is 29.7 Å². The quantitative estimate of drug-likeness (QED) is 0.736. The van der Waals surface area contributed by atoms with E-state index in [0.29, 0.717) is 6.54 Å². The minimum atomic E-state index is -0.441.